The minimum absolute atomic E-state index is 0.161. The second kappa shape index (κ2) is 14.8. The maximum Gasteiger partial charge on any atom is 0.185 e. The molecule has 2 aliphatic rings. The normalized spacial score (nSPS) is 17.0. The zero-order valence-electron chi connectivity index (χ0n) is 21.7. The van der Waals surface area contributed by atoms with Crippen molar-refractivity contribution in [3.63, 3.8) is 0 Å². The van der Waals surface area contributed by atoms with Crippen molar-refractivity contribution in [3.8, 4) is 0 Å². The van der Waals surface area contributed by atoms with Crippen LogP contribution in [-0.4, -0.2) is 57.5 Å². The molecular formula is C26H39N7O3. The molecule has 0 aromatic heterocycles. The van der Waals surface area contributed by atoms with Crippen LogP contribution in [0.25, 0.3) is 0 Å². The van der Waals surface area contributed by atoms with Crippen molar-refractivity contribution in [1.29, 1.82) is 10.8 Å². The fourth-order valence-corrected chi connectivity index (χ4v) is 3.40. The molecule has 0 fully saturated rings. The number of nitrogens with zero attached hydrogens (tertiary/aromatic N) is 1. The van der Waals surface area contributed by atoms with Crippen molar-refractivity contribution >= 4 is 18.3 Å². The third kappa shape index (κ3) is 8.33. The van der Waals surface area contributed by atoms with E-state index in [0.717, 1.165) is 28.1 Å². The number of hydrogen-bond acceptors (Lipinski definition) is 9. The number of nitrogens with two attached hydrogens (primary N) is 1. The van der Waals surface area contributed by atoms with Gasteiger partial charge in [0, 0.05) is 56.3 Å². The highest BCUT2D eigenvalue weighted by atomic mass is 16.7. The van der Waals surface area contributed by atoms with E-state index in [4.69, 9.17) is 30.8 Å². The molecule has 0 amide bonds. The molecular weight excluding hydrogens is 458 g/mol. The summed E-state index contributed by atoms with van der Waals surface area (Å²) in [6.07, 6.45) is 12.9. The van der Waals surface area contributed by atoms with Gasteiger partial charge in [0.1, 0.15) is 17.8 Å². The highest BCUT2D eigenvalue weighted by Gasteiger charge is 2.22. The molecule has 0 aromatic rings. The molecule has 0 spiro atoms. The number of allylic oxidation sites excluding steroid dienone is 6. The van der Waals surface area contributed by atoms with E-state index in [9.17, 15) is 0 Å². The number of nitrogens with one attached hydrogen (secondary N) is 5. The van der Waals surface area contributed by atoms with Crippen molar-refractivity contribution in [2.24, 2.45) is 16.6 Å². The zero-order valence-corrected chi connectivity index (χ0v) is 21.7. The lowest BCUT2D eigenvalue weighted by Crippen LogP contribution is -2.36. The average molecular weight is 498 g/mol. The van der Waals surface area contributed by atoms with Gasteiger partial charge in [0.15, 0.2) is 6.29 Å². The fraction of sp³-hybridized carbons (Fsp3) is 0.423. The van der Waals surface area contributed by atoms with Crippen LogP contribution < -0.4 is 21.7 Å². The lowest BCUT2D eigenvalue weighted by molar-refractivity contribution is -0.193. The van der Waals surface area contributed by atoms with E-state index in [0.29, 0.717) is 25.6 Å². The predicted molar refractivity (Wildman–Crippen MR) is 145 cm³/mol. The minimum atomic E-state index is -0.494. The first-order chi connectivity index (χ1) is 17.4. The summed E-state index contributed by atoms with van der Waals surface area (Å²) in [4.78, 5) is 4.51. The van der Waals surface area contributed by atoms with E-state index >= 15 is 0 Å². The molecule has 2 aliphatic heterocycles. The largest absolute Gasteiger partial charge is 0.404 e. The van der Waals surface area contributed by atoms with Gasteiger partial charge in [-0.2, -0.15) is 0 Å². The molecule has 10 nitrogen and oxygen atoms in total. The van der Waals surface area contributed by atoms with Crippen molar-refractivity contribution < 1.29 is 14.2 Å². The van der Waals surface area contributed by atoms with Crippen LogP contribution in [-0.2, 0) is 14.2 Å². The maximum atomic E-state index is 8.22. The number of amidine groups is 1. The molecule has 0 aromatic carbocycles. The third-order valence-corrected chi connectivity index (χ3v) is 5.37. The van der Waals surface area contributed by atoms with Crippen LogP contribution >= 0.6 is 0 Å². The van der Waals surface area contributed by atoms with Gasteiger partial charge in [-0.1, -0.05) is 13.8 Å². The highest BCUT2D eigenvalue weighted by molar-refractivity contribution is 5.97. The average Bonchev–Trinajstić information content (AvgIpc) is 2.87. The van der Waals surface area contributed by atoms with Crippen LogP contribution in [0.2, 0.25) is 0 Å². The summed E-state index contributed by atoms with van der Waals surface area (Å²) >= 11 is 0. The number of methoxy groups -OCH3 is 1. The lowest BCUT2D eigenvalue weighted by Gasteiger charge is -2.25. The first kappa shape index (κ1) is 28.8. The number of rotatable bonds is 14. The molecule has 10 heteroatoms. The molecule has 0 saturated carbocycles. The smallest absolute Gasteiger partial charge is 0.185 e. The third-order valence-electron chi connectivity index (χ3n) is 5.37. The first-order valence-electron chi connectivity index (χ1n) is 12.0. The quantitative estimate of drug-likeness (QED) is 0.123. The summed E-state index contributed by atoms with van der Waals surface area (Å²) in [5.74, 6) is 1.00. The second-order valence-corrected chi connectivity index (χ2v) is 8.24. The Bertz CT molecular complexity index is 997. The molecule has 0 aliphatic carbocycles. The molecule has 2 rings (SSSR count). The Labute approximate surface area is 213 Å². The highest BCUT2D eigenvalue weighted by Crippen LogP contribution is 2.21. The Hall–Kier alpha value is -3.47. The summed E-state index contributed by atoms with van der Waals surface area (Å²) in [5, 5.41) is 25.3. The van der Waals surface area contributed by atoms with Gasteiger partial charge in [0.2, 0.25) is 0 Å². The Balaban J connectivity index is 2.07. The van der Waals surface area contributed by atoms with Gasteiger partial charge in [-0.15, -0.1) is 0 Å². The van der Waals surface area contributed by atoms with Gasteiger partial charge in [0.25, 0.3) is 0 Å². The second-order valence-electron chi connectivity index (χ2n) is 8.24. The standard InChI is InChI=1S/C26H39N7O3/c1-6-35-26(36-7-2)23(34-5)16-30-14-20(13-28)19-10-22-21(31-15-19)8-9-25(32-22)33-24(29)11-18(12-27)17(3)4/h8-15,17,23,26-27,31-32H,6-7,16,28H2,1-5H3,(H2,29,33). The van der Waals surface area contributed by atoms with Gasteiger partial charge < -0.3 is 41.3 Å². The van der Waals surface area contributed by atoms with Crippen LogP contribution in [0.15, 0.2) is 75.6 Å². The van der Waals surface area contributed by atoms with E-state index in [1.807, 2.05) is 52.1 Å². The van der Waals surface area contributed by atoms with Crippen molar-refractivity contribution in [2.75, 3.05) is 26.9 Å². The van der Waals surface area contributed by atoms with Crippen LogP contribution in [0, 0.1) is 16.7 Å². The SMILES string of the molecule is CCOC(OCC)C(CN=CC(=CN)C1=CNC2=CC=C(NC(=N)C=C(C=N)C(C)C)NC2=C1)OC. The number of ether oxygens (including phenoxy) is 3. The maximum absolute atomic E-state index is 8.22. The Kier molecular flexibility index (Phi) is 11.8. The van der Waals surface area contributed by atoms with Crippen molar-refractivity contribution in [2.45, 2.75) is 40.1 Å². The van der Waals surface area contributed by atoms with E-state index in [1.54, 1.807) is 19.4 Å². The first-order valence-corrected chi connectivity index (χ1v) is 12.0. The Morgan fingerprint density at radius 2 is 1.92 bits per heavy atom. The Morgan fingerprint density at radius 3 is 2.50 bits per heavy atom. The van der Waals surface area contributed by atoms with E-state index in [2.05, 4.69) is 20.9 Å². The van der Waals surface area contributed by atoms with Gasteiger partial charge in [-0.3, -0.25) is 10.4 Å². The summed E-state index contributed by atoms with van der Waals surface area (Å²) < 4.78 is 16.8. The summed E-state index contributed by atoms with van der Waals surface area (Å²) in [6.45, 7) is 9.16. The number of dihydropyridines is 2. The van der Waals surface area contributed by atoms with E-state index < -0.39 is 6.29 Å². The van der Waals surface area contributed by atoms with Gasteiger partial charge in [0.05, 0.1) is 17.9 Å². The topological polar surface area (TPSA) is 150 Å². The number of aliphatic imine (C=N–C) groups is 1. The summed E-state index contributed by atoms with van der Waals surface area (Å²) in [6, 6.07) is 0. The van der Waals surface area contributed by atoms with E-state index in [-0.39, 0.29) is 17.9 Å². The summed E-state index contributed by atoms with van der Waals surface area (Å²) in [5.41, 5.74) is 9.95. The van der Waals surface area contributed by atoms with Crippen LogP contribution in [0.5, 0.6) is 0 Å². The van der Waals surface area contributed by atoms with Crippen LogP contribution in [0.1, 0.15) is 27.7 Å². The molecule has 0 saturated heterocycles. The minimum Gasteiger partial charge on any atom is -0.404 e. The molecule has 196 valence electrons. The van der Waals surface area contributed by atoms with Crippen LogP contribution in [0.4, 0.5) is 0 Å². The predicted octanol–water partition coefficient (Wildman–Crippen LogP) is 2.81. The van der Waals surface area contributed by atoms with Crippen LogP contribution in [0.3, 0.4) is 0 Å². The molecule has 36 heavy (non-hydrogen) atoms. The lowest BCUT2D eigenvalue weighted by atomic mass is 10.0. The van der Waals surface area contributed by atoms with Gasteiger partial charge in [-0.25, -0.2) is 0 Å². The molecule has 0 radical (unpaired) electrons. The number of fused-ring (bicyclic) bond motifs is 1. The molecule has 1 unspecified atom stereocenters. The zero-order chi connectivity index (χ0) is 26.5. The number of hydrogen-bond donors (Lipinski definition) is 6. The van der Waals surface area contributed by atoms with E-state index in [1.165, 1.54) is 12.4 Å². The molecule has 0 bridgehead atoms. The van der Waals surface area contributed by atoms with Gasteiger partial charge in [-0.05, 0) is 49.6 Å². The fourth-order valence-electron chi connectivity index (χ4n) is 3.40. The Morgan fingerprint density at radius 1 is 1.19 bits per heavy atom. The van der Waals surface area contributed by atoms with Crippen molar-refractivity contribution in [3.05, 3.63) is 70.6 Å². The molecule has 2 heterocycles. The molecule has 1 atom stereocenters. The summed E-state index contributed by atoms with van der Waals surface area (Å²) in [7, 11) is 1.61. The monoisotopic (exact) mass is 497 g/mol. The van der Waals surface area contributed by atoms with Gasteiger partial charge >= 0.3 is 0 Å². The van der Waals surface area contributed by atoms with Crippen molar-refractivity contribution in [1.82, 2.24) is 16.0 Å². The molecule has 7 N–H and O–H groups in total.